The number of rotatable bonds is 4. The predicted molar refractivity (Wildman–Crippen MR) is 63.8 cm³/mol. The van der Waals surface area contributed by atoms with Gasteiger partial charge in [0.2, 0.25) is 5.91 Å². The Morgan fingerprint density at radius 3 is 2.78 bits per heavy atom. The maximum atomic E-state index is 12.0. The van der Waals surface area contributed by atoms with Gasteiger partial charge < -0.3 is 14.5 Å². The Bertz CT molecular complexity index is 450. The summed E-state index contributed by atoms with van der Waals surface area (Å²) in [5.74, 6) is 0.261. The third-order valence-electron chi connectivity index (χ3n) is 3.17. The molecule has 2 atom stereocenters. The molecule has 18 heavy (non-hydrogen) atoms. The van der Waals surface area contributed by atoms with Crippen LogP contribution in [0.4, 0.5) is 0 Å². The van der Waals surface area contributed by atoms with Crippen LogP contribution in [-0.2, 0) is 14.3 Å². The van der Waals surface area contributed by atoms with E-state index in [0.29, 0.717) is 0 Å². The van der Waals surface area contributed by atoms with Crippen molar-refractivity contribution < 1.29 is 18.7 Å². The van der Waals surface area contributed by atoms with E-state index in [1.54, 1.807) is 26.2 Å². The monoisotopic (exact) mass is 251 g/mol. The average Bonchev–Trinajstić information content (AvgIpc) is 2.94. The number of carbonyl (C=O) groups is 2. The number of hydrogen-bond donors (Lipinski definition) is 1. The summed E-state index contributed by atoms with van der Waals surface area (Å²) >= 11 is 0. The summed E-state index contributed by atoms with van der Waals surface area (Å²) in [4.78, 5) is 23.5. The summed E-state index contributed by atoms with van der Waals surface area (Å²) in [5, 5.41) is 2.71. The van der Waals surface area contributed by atoms with Crippen LogP contribution in [0.3, 0.4) is 0 Å². The van der Waals surface area contributed by atoms with Gasteiger partial charge in [0.1, 0.15) is 11.3 Å². The zero-order chi connectivity index (χ0) is 13.3. The Hall–Kier alpha value is -1.78. The molecular weight excluding hydrogens is 234 g/mol. The number of ether oxygens (including phenoxy) is 1. The molecule has 1 aromatic heterocycles. The van der Waals surface area contributed by atoms with Crippen molar-refractivity contribution in [1.82, 2.24) is 5.32 Å². The second kappa shape index (κ2) is 4.48. The van der Waals surface area contributed by atoms with Crippen molar-refractivity contribution in [2.24, 2.45) is 5.92 Å². The van der Waals surface area contributed by atoms with Crippen molar-refractivity contribution in [2.75, 3.05) is 7.11 Å². The maximum absolute atomic E-state index is 12.0. The van der Waals surface area contributed by atoms with E-state index in [9.17, 15) is 9.59 Å². The first kappa shape index (κ1) is 12.7. The second-order valence-electron chi connectivity index (χ2n) is 5.07. The van der Waals surface area contributed by atoms with Crippen LogP contribution >= 0.6 is 0 Å². The lowest BCUT2D eigenvalue weighted by Gasteiger charge is -2.23. The van der Waals surface area contributed by atoms with Crippen molar-refractivity contribution >= 4 is 11.9 Å². The Labute approximate surface area is 105 Å². The van der Waals surface area contributed by atoms with Gasteiger partial charge in [0.25, 0.3) is 0 Å². The number of furan rings is 1. The summed E-state index contributed by atoms with van der Waals surface area (Å²) in [5.41, 5.74) is -0.998. The first-order chi connectivity index (χ1) is 8.45. The lowest BCUT2D eigenvalue weighted by molar-refractivity contribution is -0.149. The molecule has 1 aliphatic carbocycles. The molecule has 0 aliphatic heterocycles. The van der Waals surface area contributed by atoms with Crippen molar-refractivity contribution in [3.8, 4) is 0 Å². The van der Waals surface area contributed by atoms with Gasteiger partial charge in [-0.1, -0.05) is 0 Å². The number of amides is 1. The molecule has 0 radical (unpaired) electrons. The Balaban J connectivity index is 1.93. The van der Waals surface area contributed by atoms with E-state index in [0.717, 1.165) is 12.2 Å². The number of methoxy groups -OCH3 is 1. The van der Waals surface area contributed by atoms with Gasteiger partial charge in [0.05, 0.1) is 13.4 Å². The van der Waals surface area contributed by atoms with Crippen molar-refractivity contribution in [2.45, 2.75) is 31.7 Å². The molecule has 0 saturated heterocycles. The smallest absolute Gasteiger partial charge is 0.330 e. The highest BCUT2D eigenvalue weighted by molar-refractivity contribution is 5.90. The fourth-order valence-corrected chi connectivity index (χ4v) is 2.01. The Morgan fingerprint density at radius 1 is 1.50 bits per heavy atom. The molecule has 2 rings (SSSR count). The molecule has 98 valence electrons. The van der Waals surface area contributed by atoms with Gasteiger partial charge in [-0.15, -0.1) is 0 Å². The van der Waals surface area contributed by atoms with E-state index in [2.05, 4.69) is 10.1 Å². The van der Waals surface area contributed by atoms with Crippen LogP contribution in [0.15, 0.2) is 22.8 Å². The largest absolute Gasteiger partial charge is 0.469 e. The lowest BCUT2D eigenvalue weighted by atomic mass is 10.1. The third-order valence-corrected chi connectivity index (χ3v) is 3.17. The van der Waals surface area contributed by atoms with Gasteiger partial charge in [0, 0.05) is 11.8 Å². The van der Waals surface area contributed by atoms with Crippen LogP contribution in [0.1, 0.15) is 31.9 Å². The molecule has 5 heteroatoms. The van der Waals surface area contributed by atoms with Gasteiger partial charge in [-0.2, -0.15) is 0 Å². The zero-order valence-electron chi connectivity index (χ0n) is 10.7. The van der Waals surface area contributed by atoms with E-state index in [4.69, 9.17) is 4.42 Å². The topological polar surface area (TPSA) is 68.5 Å². The van der Waals surface area contributed by atoms with Crippen molar-refractivity contribution in [3.05, 3.63) is 24.2 Å². The fourth-order valence-electron chi connectivity index (χ4n) is 2.01. The molecule has 5 nitrogen and oxygen atoms in total. The number of nitrogens with one attached hydrogen (secondary N) is 1. The molecular formula is C13H17NO4. The van der Waals surface area contributed by atoms with Gasteiger partial charge in [-0.25, -0.2) is 4.79 Å². The zero-order valence-corrected chi connectivity index (χ0v) is 10.7. The van der Waals surface area contributed by atoms with Gasteiger partial charge in [-0.3, -0.25) is 4.79 Å². The van der Waals surface area contributed by atoms with Gasteiger partial charge >= 0.3 is 5.97 Å². The number of carbonyl (C=O) groups excluding carboxylic acids is 2. The van der Waals surface area contributed by atoms with E-state index in [1.165, 1.54) is 7.11 Å². The summed E-state index contributed by atoms with van der Waals surface area (Å²) in [7, 11) is 1.30. The van der Waals surface area contributed by atoms with E-state index in [1.807, 2.05) is 6.07 Å². The third kappa shape index (κ3) is 2.39. The van der Waals surface area contributed by atoms with Gasteiger partial charge in [0.15, 0.2) is 0 Å². The van der Waals surface area contributed by atoms with Crippen molar-refractivity contribution in [3.63, 3.8) is 0 Å². The molecule has 1 fully saturated rings. The molecule has 0 bridgehead atoms. The average molecular weight is 251 g/mol. The normalized spacial score (nSPS) is 22.4. The van der Waals surface area contributed by atoms with Crippen LogP contribution in [0.5, 0.6) is 0 Å². The van der Waals surface area contributed by atoms with E-state index >= 15 is 0 Å². The molecule has 1 amide bonds. The molecule has 1 N–H and O–H groups in total. The summed E-state index contributed by atoms with van der Waals surface area (Å²) in [6, 6.07) is 3.67. The number of esters is 1. The van der Waals surface area contributed by atoms with Crippen molar-refractivity contribution in [1.29, 1.82) is 0 Å². The highest BCUT2D eigenvalue weighted by Gasteiger charge is 2.47. The Morgan fingerprint density at radius 2 is 2.22 bits per heavy atom. The lowest BCUT2D eigenvalue weighted by Crippen LogP contribution is -2.51. The molecule has 1 aromatic rings. The Kier molecular flexibility index (Phi) is 3.15. The minimum Gasteiger partial charge on any atom is -0.469 e. The molecule has 0 aromatic carbocycles. The highest BCUT2D eigenvalue weighted by atomic mass is 16.5. The highest BCUT2D eigenvalue weighted by Crippen LogP contribution is 2.47. The molecule has 1 aliphatic rings. The number of hydrogen-bond acceptors (Lipinski definition) is 4. The molecule has 0 unspecified atom stereocenters. The molecule has 1 saturated carbocycles. The van der Waals surface area contributed by atoms with Crippen LogP contribution < -0.4 is 5.32 Å². The molecule has 0 spiro atoms. The first-order valence-electron chi connectivity index (χ1n) is 5.89. The van der Waals surface area contributed by atoms with Crippen LogP contribution in [-0.4, -0.2) is 24.5 Å². The summed E-state index contributed by atoms with van der Waals surface area (Å²) in [6.45, 7) is 3.25. The fraction of sp³-hybridized carbons (Fsp3) is 0.538. The van der Waals surface area contributed by atoms with E-state index < -0.39 is 11.5 Å². The minimum atomic E-state index is -0.998. The van der Waals surface area contributed by atoms with Gasteiger partial charge in [-0.05, 0) is 32.4 Å². The first-order valence-corrected chi connectivity index (χ1v) is 5.89. The van der Waals surface area contributed by atoms with Crippen LogP contribution in [0.2, 0.25) is 0 Å². The standard InChI is InChI=1S/C13H17NO4/c1-13(2,12(16)17-3)14-11(15)9-7-8(9)10-5-4-6-18-10/h4-6,8-9H,7H2,1-3H3,(H,14,15)/t8-,9+/m0/s1. The van der Waals surface area contributed by atoms with Crippen LogP contribution in [0, 0.1) is 5.92 Å². The predicted octanol–water partition coefficient (Wildman–Crippen LogP) is 1.45. The molecule has 1 heterocycles. The minimum absolute atomic E-state index is 0.111. The SMILES string of the molecule is COC(=O)C(C)(C)NC(=O)[C@@H]1C[C@@H]1c1ccco1. The van der Waals surface area contributed by atoms with Crippen LogP contribution in [0.25, 0.3) is 0 Å². The van der Waals surface area contributed by atoms with E-state index in [-0.39, 0.29) is 17.7 Å². The second-order valence-corrected chi connectivity index (χ2v) is 5.07. The summed E-state index contributed by atoms with van der Waals surface area (Å²) in [6.07, 6.45) is 2.36. The maximum Gasteiger partial charge on any atom is 0.330 e. The summed E-state index contributed by atoms with van der Waals surface area (Å²) < 4.78 is 9.91. The quantitative estimate of drug-likeness (QED) is 0.822.